The summed E-state index contributed by atoms with van der Waals surface area (Å²) in [6, 6.07) is 8.03. The maximum Gasteiger partial charge on any atom is 2.00 e. The Labute approximate surface area is 645 Å². The first kappa shape index (κ1) is 87.8. The normalized spacial score (nSPS) is 29.9. The second-order valence-electron chi connectivity index (χ2n) is 30.8. The largest absolute Gasteiger partial charge is 2.00 e. The fourth-order valence-corrected chi connectivity index (χ4v) is 18.3. The van der Waals surface area contributed by atoms with E-state index in [1.165, 1.54) is 17.8 Å². The van der Waals surface area contributed by atoms with Crippen LogP contribution in [0, 0.1) is 71.0 Å². The number of hydrogen-bond donors (Lipinski definition) is 10. The van der Waals surface area contributed by atoms with Gasteiger partial charge in [0.05, 0.1) is 60.5 Å². The number of nitrogens with one attached hydrogen (secondary N) is 3. The van der Waals surface area contributed by atoms with Crippen LogP contribution in [0.5, 0.6) is 0 Å². The number of nitrogens with zero attached hydrogens (tertiary/aromatic N) is 8. The van der Waals surface area contributed by atoms with E-state index in [9.17, 15) is 58.0 Å². The van der Waals surface area contributed by atoms with Crippen LogP contribution < -0.4 is 49.5 Å². The third kappa shape index (κ3) is 19.0. The average Bonchev–Trinajstić information content (AvgIpc) is 1.53. The van der Waals surface area contributed by atoms with Crippen molar-refractivity contribution < 1.29 is 93.3 Å². The Hall–Kier alpha value is -8.42. The summed E-state index contributed by atoms with van der Waals surface area (Å²) >= 11 is 0. The molecule has 8 heterocycles. The molecule has 0 aliphatic carbocycles. The van der Waals surface area contributed by atoms with E-state index in [1.807, 2.05) is 99.6 Å². The van der Waals surface area contributed by atoms with Crippen LogP contribution in [0.1, 0.15) is 163 Å². The molecule has 34 heteroatoms. The van der Waals surface area contributed by atoms with Crippen molar-refractivity contribution in [2.45, 2.75) is 202 Å². The smallest absolute Gasteiger partial charge is 0.756 e. The van der Waals surface area contributed by atoms with Crippen molar-refractivity contribution in [3.05, 3.63) is 101 Å². The number of phosphoric ester groups is 1. The molecule has 3 aromatic rings. The zero-order chi connectivity index (χ0) is 79.9. The number of allylic oxidation sites excluding steroid dienone is 6. The first-order chi connectivity index (χ1) is 50.7. The second kappa shape index (κ2) is 35.7. The number of fused-ring (bicyclic) bond motifs is 7. The van der Waals surface area contributed by atoms with Gasteiger partial charge in [-0.05, 0) is 127 Å². The predicted octanol–water partition coefficient (Wildman–Crippen LogP) is 3.72. The minimum Gasteiger partial charge on any atom is -0.756 e. The minimum absolute atomic E-state index is 0. The molecule has 1 aromatic carbocycles. The number of aliphatic hydroxyl groups is 2. The number of amides is 7. The molecule has 595 valence electrons. The molecule has 2 saturated heterocycles. The molecule has 7 amide bonds. The van der Waals surface area contributed by atoms with Gasteiger partial charge in [0.1, 0.15) is 18.3 Å². The molecular formula is C75H105CoN16O16P. The molecule has 15 N–H and O–H groups in total. The maximum absolute atomic E-state index is 14.6. The average molecular weight is 1580 g/mol. The van der Waals surface area contributed by atoms with E-state index in [2.05, 4.69) is 25.9 Å². The van der Waals surface area contributed by atoms with E-state index < -0.39 is 143 Å². The number of rotatable bonds is 34. The summed E-state index contributed by atoms with van der Waals surface area (Å²) in [6.45, 7) is 26.2. The van der Waals surface area contributed by atoms with Crippen LogP contribution in [0.25, 0.3) is 11.0 Å². The van der Waals surface area contributed by atoms with E-state index in [-0.39, 0.29) is 133 Å². The van der Waals surface area contributed by atoms with Gasteiger partial charge in [-0.2, -0.15) is 0 Å². The van der Waals surface area contributed by atoms with Crippen LogP contribution in [0.2, 0.25) is 0 Å². The van der Waals surface area contributed by atoms with Crippen LogP contribution >= 0.6 is 7.82 Å². The van der Waals surface area contributed by atoms with Crippen LogP contribution in [0.3, 0.4) is 0 Å². The molecule has 32 nitrogen and oxygen atoms in total. The molecule has 2 unspecified atom stereocenters. The van der Waals surface area contributed by atoms with Gasteiger partial charge in [0.2, 0.25) is 41.4 Å². The number of aryl methyl sites for hydroxylation is 2. The van der Waals surface area contributed by atoms with Crippen molar-refractivity contribution in [1.29, 1.82) is 5.26 Å². The third-order valence-electron chi connectivity index (χ3n) is 23.1. The van der Waals surface area contributed by atoms with Crippen LogP contribution in [0.15, 0.2) is 92.1 Å². The number of hydrogen-bond acceptors (Lipinski definition) is 24. The van der Waals surface area contributed by atoms with Crippen LogP contribution in [-0.4, -0.2) is 169 Å². The first-order valence-electron chi connectivity index (χ1n) is 36.4. The number of carbonyl (C=O) groups is 8. The predicted molar refractivity (Wildman–Crippen MR) is 396 cm³/mol. The Kier molecular flexibility index (Phi) is 28.8. The SMILES string of the molecule is CCOC(=O)CN(CCNC(=O)CC[C@@H]1C2=N[C@@](C)([C@@H]3N=C(/C(C)=C4N=C(/C=C5\N/C(=C\2C)[C@@](C)(CC(N)=O)[C@@H]5CCC(N)=O)C(C)(C)[C@@H]\4CCC(N)=O)[C@](C)(CCC(=O)NC[C@@H](C)OP(=O)([O-])O[C@@H]2[C@H](CO)OC(n4cnc5cc(C)c(C)cc54)[C@@H]2O)[C@H]3CC(N)=O)[C@@]1(C)CC(N)=O)Cc1ccccn1.[C-]#N.[Co+2]. The Morgan fingerprint density at radius 2 is 1.48 bits per heavy atom. The van der Waals surface area contributed by atoms with Crippen molar-refractivity contribution >= 4 is 83.3 Å². The molecule has 0 saturated carbocycles. The second-order valence-corrected chi connectivity index (χ2v) is 32.1. The molecule has 15 atom stereocenters. The number of pyridine rings is 1. The van der Waals surface area contributed by atoms with Gasteiger partial charge in [-0.15, -0.1) is 0 Å². The van der Waals surface area contributed by atoms with Gasteiger partial charge in [-0.25, -0.2) is 4.98 Å². The van der Waals surface area contributed by atoms with Crippen LogP contribution in [-0.2, 0) is 84.8 Å². The number of imidazole rings is 1. The van der Waals surface area contributed by atoms with Crippen molar-refractivity contribution in [2.24, 2.45) is 89.0 Å². The number of benzene rings is 1. The summed E-state index contributed by atoms with van der Waals surface area (Å²) < 4.78 is 37.4. The standard InChI is InChI=1S/C74H106N15O16P.CN.Co/c1-13-102-61(98)36-88(35-44-16-14-15-25-80-44)27-26-81-59(96)22-19-47-63-43(6)67-72(10,32-57(78)94)45(17-20-54(75)91)49(84-67)31-53-70(7,8)46(18-21-55(76)92)62(85-53)42(5)66-71(9,48(30-56(77)93)68(86-66)74(12,87-63)73(47,11)33-58(79)95)24-23-60(97)82-34-41(4)104-106(100,101)105-65-52(37-90)103-69(64(65)99)89-38-83-50-28-39(2)40(3)29-51(50)89;1-2;/h14-16,25,28-29,31,38,41,45-48,52,64-65,68-69,84,90,99H,13,17-24,26-27,30,32-37H2,1-12H3,(H2,75,91)(H2,76,92)(H2,77,93)(H2,78,94)(H2,79,95)(H,81,96)(H,82,97)(H,100,101);;/q;-1;+2/p-1/b49-31-,62-42-,67-43-;;/t41-,45-,46-,47-,48+,52+,64-,65-,68-,69?,71-,72+,73+,74+;;/m1../s1. The zero-order valence-corrected chi connectivity index (χ0v) is 65.9. The van der Waals surface area contributed by atoms with Crippen molar-refractivity contribution in [2.75, 3.05) is 39.4 Å². The van der Waals surface area contributed by atoms with Crippen molar-refractivity contribution in [3.63, 3.8) is 0 Å². The molecule has 109 heavy (non-hydrogen) atoms. The number of aliphatic imine (C=N–C) groups is 3. The third-order valence-corrected chi connectivity index (χ3v) is 24.2. The zero-order valence-electron chi connectivity index (χ0n) is 64.0. The van der Waals surface area contributed by atoms with E-state index in [1.54, 1.807) is 24.1 Å². The van der Waals surface area contributed by atoms with Crippen molar-refractivity contribution in [1.82, 2.24) is 35.4 Å². The number of aromatic nitrogens is 3. The maximum atomic E-state index is 14.6. The molecule has 6 aliphatic heterocycles. The van der Waals surface area contributed by atoms with Gasteiger partial charge in [0.15, 0.2) is 6.23 Å². The minimum atomic E-state index is -5.36. The van der Waals surface area contributed by atoms with E-state index in [0.717, 1.165) is 11.1 Å². The molecule has 2 aromatic heterocycles. The summed E-state index contributed by atoms with van der Waals surface area (Å²) in [7, 11) is -5.36. The fourth-order valence-electron chi connectivity index (χ4n) is 17.2. The van der Waals surface area contributed by atoms with Crippen LogP contribution in [0.4, 0.5) is 0 Å². The number of aliphatic hydroxyl groups excluding tert-OH is 2. The molecule has 8 bridgehead atoms. The number of phosphoric acid groups is 1. The van der Waals surface area contributed by atoms with Gasteiger partial charge in [-0.1, -0.05) is 40.7 Å². The molecule has 6 aliphatic rings. The fraction of sp³-hybridized carbons (Fsp3) is 0.600. The number of ether oxygens (including phenoxy) is 2. The monoisotopic (exact) mass is 1580 g/mol. The Morgan fingerprint density at radius 1 is 0.835 bits per heavy atom. The number of primary amides is 5. The number of nitrogens with two attached hydrogens (primary N) is 5. The molecule has 2 fully saturated rings. The molecular weight excluding hydrogens is 1470 g/mol. The van der Waals surface area contributed by atoms with E-state index in [4.69, 9.17) is 74.0 Å². The summed E-state index contributed by atoms with van der Waals surface area (Å²) in [5.41, 5.74) is 32.1. The Balaban J connectivity index is 0.00000546. The number of carbonyl (C=O) groups excluding carboxylic acids is 8. The quantitative estimate of drug-likeness (QED) is 0.0231. The van der Waals surface area contributed by atoms with Gasteiger partial charge in [-0.3, -0.25) is 67.8 Å². The van der Waals surface area contributed by atoms with Gasteiger partial charge < -0.3 is 94.6 Å². The van der Waals surface area contributed by atoms with Gasteiger partial charge in [0.25, 0.3) is 7.82 Å². The van der Waals surface area contributed by atoms with Gasteiger partial charge in [0, 0.05) is 157 Å². The summed E-state index contributed by atoms with van der Waals surface area (Å²) in [5, 5.41) is 37.6. The first-order valence-corrected chi connectivity index (χ1v) is 37.9. The Morgan fingerprint density at radius 3 is 2.09 bits per heavy atom. The van der Waals surface area contributed by atoms with E-state index in [0.29, 0.717) is 62.1 Å². The summed E-state index contributed by atoms with van der Waals surface area (Å²) in [4.78, 5) is 151. The Bertz CT molecular complexity index is 4240. The molecule has 0 spiro atoms. The summed E-state index contributed by atoms with van der Waals surface area (Å²) in [5.74, 6) is -7.76. The topological polar surface area (TPSA) is 515 Å². The molecule has 1 radical (unpaired) electrons. The number of esters is 1. The molecule has 9 rings (SSSR count). The van der Waals surface area contributed by atoms with Crippen molar-refractivity contribution in [3.8, 4) is 0 Å². The van der Waals surface area contributed by atoms with E-state index >= 15 is 0 Å². The summed E-state index contributed by atoms with van der Waals surface area (Å²) in [6.07, 6.45) is -3.32. The van der Waals surface area contributed by atoms with Gasteiger partial charge >= 0.3 is 22.7 Å².